The van der Waals surface area contributed by atoms with Crippen molar-refractivity contribution in [1.82, 2.24) is 15.1 Å². The SMILES string of the molecule is CCn1nc2c(-c3ccc(C)cc3Cl)cccc2c1C(=O)NC. The largest absolute Gasteiger partial charge is 0.354 e. The van der Waals surface area contributed by atoms with Crippen molar-refractivity contribution in [3.63, 3.8) is 0 Å². The van der Waals surface area contributed by atoms with E-state index in [2.05, 4.69) is 10.4 Å². The van der Waals surface area contributed by atoms with E-state index in [1.54, 1.807) is 11.7 Å². The Morgan fingerprint density at radius 3 is 2.70 bits per heavy atom. The molecule has 1 aromatic heterocycles. The van der Waals surface area contributed by atoms with Crippen molar-refractivity contribution in [2.45, 2.75) is 20.4 Å². The van der Waals surface area contributed by atoms with Gasteiger partial charge in [-0.3, -0.25) is 9.48 Å². The molecule has 5 heteroatoms. The van der Waals surface area contributed by atoms with Crippen molar-refractivity contribution in [3.05, 3.63) is 52.7 Å². The van der Waals surface area contributed by atoms with Crippen LogP contribution in [0.5, 0.6) is 0 Å². The highest BCUT2D eigenvalue weighted by molar-refractivity contribution is 6.33. The van der Waals surface area contributed by atoms with Crippen molar-refractivity contribution in [3.8, 4) is 11.1 Å². The van der Waals surface area contributed by atoms with E-state index < -0.39 is 0 Å². The molecule has 0 aliphatic heterocycles. The second-order valence-corrected chi connectivity index (χ2v) is 5.84. The average molecular weight is 328 g/mol. The molecule has 3 aromatic rings. The van der Waals surface area contributed by atoms with Crippen LogP contribution in [0.25, 0.3) is 22.0 Å². The number of nitrogens with zero attached hydrogens (tertiary/aromatic N) is 2. The smallest absolute Gasteiger partial charge is 0.269 e. The van der Waals surface area contributed by atoms with Gasteiger partial charge in [-0.15, -0.1) is 0 Å². The molecule has 1 heterocycles. The van der Waals surface area contributed by atoms with Crippen LogP contribution in [0.15, 0.2) is 36.4 Å². The maximum absolute atomic E-state index is 12.2. The lowest BCUT2D eigenvalue weighted by Crippen LogP contribution is -2.22. The molecule has 0 aliphatic carbocycles. The number of aryl methyl sites for hydroxylation is 2. The Balaban J connectivity index is 2.31. The average Bonchev–Trinajstić information content (AvgIpc) is 2.93. The Bertz CT molecular complexity index is 899. The predicted octanol–water partition coefficient (Wildman–Crippen LogP) is 4.04. The summed E-state index contributed by atoms with van der Waals surface area (Å²) in [4.78, 5) is 12.2. The van der Waals surface area contributed by atoms with Crippen molar-refractivity contribution in [1.29, 1.82) is 0 Å². The van der Waals surface area contributed by atoms with Crippen molar-refractivity contribution in [2.24, 2.45) is 0 Å². The number of carbonyl (C=O) groups excluding carboxylic acids is 1. The van der Waals surface area contributed by atoms with Gasteiger partial charge < -0.3 is 5.32 Å². The highest BCUT2D eigenvalue weighted by Crippen LogP contribution is 2.34. The Hall–Kier alpha value is -2.33. The number of hydrogen-bond donors (Lipinski definition) is 1. The molecule has 2 aromatic carbocycles. The summed E-state index contributed by atoms with van der Waals surface area (Å²) in [7, 11) is 1.63. The summed E-state index contributed by atoms with van der Waals surface area (Å²) in [6.45, 7) is 4.60. The molecule has 3 rings (SSSR count). The first-order valence-electron chi connectivity index (χ1n) is 7.55. The van der Waals surface area contributed by atoms with E-state index in [0.717, 1.165) is 27.6 Å². The fourth-order valence-corrected chi connectivity index (χ4v) is 3.13. The first kappa shape index (κ1) is 15.6. The first-order valence-corrected chi connectivity index (χ1v) is 7.92. The van der Waals surface area contributed by atoms with Crippen LogP contribution >= 0.6 is 11.6 Å². The van der Waals surface area contributed by atoms with E-state index in [4.69, 9.17) is 11.6 Å². The normalized spacial score (nSPS) is 11.0. The molecule has 118 valence electrons. The number of amides is 1. The number of hydrogen-bond acceptors (Lipinski definition) is 2. The van der Waals surface area contributed by atoms with Crippen LogP contribution in [0, 0.1) is 6.92 Å². The van der Waals surface area contributed by atoms with Gasteiger partial charge in [0.1, 0.15) is 11.2 Å². The number of nitrogens with one attached hydrogen (secondary N) is 1. The molecule has 0 unspecified atom stereocenters. The zero-order valence-corrected chi connectivity index (χ0v) is 14.1. The molecule has 0 aliphatic rings. The maximum Gasteiger partial charge on any atom is 0.269 e. The third-order valence-electron chi connectivity index (χ3n) is 3.93. The van der Waals surface area contributed by atoms with Crippen LogP contribution in [-0.4, -0.2) is 22.7 Å². The van der Waals surface area contributed by atoms with Crippen molar-refractivity contribution >= 4 is 28.4 Å². The number of fused-ring (bicyclic) bond motifs is 1. The van der Waals surface area contributed by atoms with E-state index in [-0.39, 0.29) is 5.91 Å². The highest BCUT2D eigenvalue weighted by atomic mass is 35.5. The van der Waals surface area contributed by atoms with Crippen LogP contribution in [-0.2, 0) is 6.54 Å². The number of aromatic nitrogens is 2. The fraction of sp³-hybridized carbons (Fsp3) is 0.222. The van der Waals surface area contributed by atoms with Gasteiger partial charge >= 0.3 is 0 Å². The Morgan fingerprint density at radius 2 is 2.04 bits per heavy atom. The molecular weight excluding hydrogens is 310 g/mol. The molecule has 0 atom stereocenters. The Kier molecular flexibility index (Phi) is 4.09. The molecule has 0 radical (unpaired) electrons. The second kappa shape index (κ2) is 6.05. The van der Waals surface area contributed by atoms with Gasteiger partial charge in [-0.25, -0.2) is 0 Å². The van der Waals surface area contributed by atoms with Crippen molar-refractivity contribution < 1.29 is 4.79 Å². The highest BCUT2D eigenvalue weighted by Gasteiger charge is 2.19. The lowest BCUT2D eigenvalue weighted by atomic mass is 10.0. The molecule has 1 N–H and O–H groups in total. The van der Waals surface area contributed by atoms with Gasteiger partial charge in [0.05, 0.1) is 0 Å². The van der Waals surface area contributed by atoms with Crippen LogP contribution in [0.3, 0.4) is 0 Å². The Labute approximate surface area is 140 Å². The summed E-state index contributed by atoms with van der Waals surface area (Å²) in [5, 5.41) is 8.84. The van der Waals surface area contributed by atoms with E-state index in [9.17, 15) is 4.79 Å². The van der Waals surface area contributed by atoms with Gasteiger partial charge in [0, 0.05) is 35.1 Å². The third-order valence-corrected chi connectivity index (χ3v) is 4.24. The quantitative estimate of drug-likeness (QED) is 0.789. The molecule has 0 bridgehead atoms. The van der Waals surface area contributed by atoms with Gasteiger partial charge in [0.2, 0.25) is 0 Å². The summed E-state index contributed by atoms with van der Waals surface area (Å²) in [6, 6.07) is 11.8. The summed E-state index contributed by atoms with van der Waals surface area (Å²) in [5.41, 5.74) is 4.33. The molecule has 0 saturated carbocycles. The summed E-state index contributed by atoms with van der Waals surface area (Å²) in [5.74, 6) is -0.137. The fourth-order valence-electron chi connectivity index (χ4n) is 2.79. The lowest BCUT2D eigenvalue weighted by Gasteiger charge is -2.06. The van der Waals surface area contributed by atoms with Crippen LogP contribution < -0.4 is 5.32 Å². The predicted molar refractivity (Wildman–Crippen MR) is 94.0 cm³/mol. The molecule has 0 spiro atoms. The number of halogens is 1. The second-order valence-electron chi connectivity index (χ2n) is 5.43. The standard InChI is InChI=1S/C18H18ClN3O/c1-4-22-17(18(23)20-3)14-7-5-6-13(16(14)21-22)12-9-8-11(2)10-15(12)19/h5-10H,4H2,1-3H3,(H,20,23). The minimum Gasteiger partial charge on any atom is -0.354 e. The first-order chi connectivity index (χ1) is 11.1. The van der Waals surface area contributed by atoms with Gasteiger partial charge in [0.25, 0.3) is 5.91 Å². The number of benzene rings is 2. The van der Waals surface area contributed by atoms with E-state index in [1.807, 2.05) is 50.2 Å². The monoisotopic (exact) mass is 327 g/mol. The summed E-state index contributed by atoms with van der Waals surface area (Å²) >= 11 is 6.42. The maximum atomic E-state index is 12.2. The molecule has 1 amide bonds. The van der Waals surface area contributed by atoms with Crippen LogP contribution in [0.4, 0.5) is 0 Å². The molecule has 4 nitrogen and oxygen atoms in total. The van der Waals surface area contributed by atoms with E-state index in [0.29, 0.717) is 17.3 Å². The van der Waals surface area contributed by atoms with Gasteiger partial charge in [0.15, 0.2) is 0 Å². The molecule has 0 saturated heterocycles. The van der Waals surface area contributed by atoms with Gasteiger partial charge in [-0.05, 0) is 25.5 Å². The van der Waals surface area contributed by atoms with Crippen molar-refractivity contribution in [2.75, 3.05) is 7.05 Å². The minimum absolute atomic E-state index is 0.137. The molecule has 23 heavy (non-hydrogen) atoms. The minimum atomic E-state index is -0.137. The van der Waals surface area contributed by atoms with E-state index >= 15 is 0 Å². The van der Waals surface area contributed by atoms with Gasteiger partial charge in [-0.1, -0.05) is 41.9 Å². The number of rotatable bonds is 3. The number of carbonyl (C=O) groups is 1. The van der Waals surface area contributed by atoms with E-state index in [1.165, 1.54) is 0 Å². The Morgan fingerprint density at radius 1 is 1.26 bits per heavy atom. The summed E-state index contributed by atoms with van der Waals surface area (Å²) < 4.78 is 1.73. The third kappa shape index (κ3) is 2.59. The van der Waals surface area contributed by atoms with Gasteiger partial charge in [-0.2, -0.15) is 5.10 Å². The molecule has 0 fully saturated rings. The lowest BCUT2D eigenvalue weighted by molar-refractivity contribution is 0.0954. The van der Waals surface area contributed by atoms with Crippen LogP contribution in [0.2, 0.25) is 5.02 Å². The zero-order chi connectivity index (χ0) is 16.6. The van der Waals surface area contributed by atoms with Crippen LogP contribution in [0.1, 0.15) is 23.0 Å². The summed E-state index contributed by atoms with van der Waals surface area (Å²) in [6.07, 6.45) is 0. The zero-order valence-electron chi connectivity index (χ0n) is 13.4. The topological polar surface area (TPSA) is 46.9 Å². The molecular formula is C18H18ClN3O.